The molecule has 0 heterocycles. The molecule has 0 aliphatic rings. The van der Waals surface area contributed by atoms with Crippen LogP contribution in [0.1, 0.15) is 20.7 Å². The van der Waals surface area contributed by atoms with Crippen molar-refractivity contribution in [2.24, 2.45) is 0 Å². The second kappa shape index (κ2) is 8.49. The van der Waals surface area contributed by atoms with Gasteiger partial charge < -0.3 is 19.5 Å². The first kappa shape index (κ1) is 18.0. The molecule has 2 rings (SSSR count). The van der Waals surface area contributed by atoms with Gasteiger partial charge in [-0.2, -0.15) is 0 Å². The van der Waals surface area contributed by atoms with Crippen LogP contribution in [0.3, 0.4) is 0 Å². The minimum absolute atomic E-state index is 0.153. The highest BCUT2D eigenvalue weighted by Crippen LogP contribution is 2.15. The average Bonchev–Trinajstić information content (AvgIpc) is 2.66. The molecule has 7 heteroatoms. The monoisotopic (exact) mass is 343 g/mol. The molecule has 2 aromatic rings. The van der Waals surface area contributed by atoms with Crippen molar-refractivity contribution in [2.75, 3.05) is 26.1 Å². The van der Waals surface area contributed by atoms with Gasteiger partial charge in [0.2, 0.25) is 0 Å². The Morgan fingerprint density at radius 3 is 2.16 bits per heavy atom. The third-order valence-corrected chi connectivity index (χ3v) is 3.23. The number of hydrogen-bond donors (Lipinski definition) is 1. The second-order valence-electron chi connectivity index (χ2n) is 4.93. The summed E-state index contributed by atoms with van der Waals surface area (Å²) in [5.74, 6) is -1.10. The number of amides is 1. The van der Waals surface area contributed by atoms with Crippen LogP contribution in [0.2, 0.25) is 0 Å². The Kier molecular flexibility index (Phi) is 6.11. The Bertz CT molecular complexity index is 769. The van der Waals surface area contributed by atoms with E-state index in [0.29, 0.717) is 11.4 Å². The van der Waals surface area contributed by atoms with Crippen LogP contribution in [0.4, 0.5) is 5.69 Å². The Labute approximate surface area is 144 Å². The summed E-state index contributed by atoms with van der Waals surface area (Å²) in [5.41, 5.74) is 0.925. The Morgan fingerprint density at radius 2 is 1.56 bits per heavy atom. The molecule has 0 aliphatic heterocycles. The van der Waals surface area contributed by atoms with Gasteiger partial charge in [0.1, 0.15) is 5.75 Å². The lowest BCUT2D eigenvalue weighted by Gasteiger charge is -2.08. The molecule has 0 aromatic heterocycles. The van der Waals surface area contributed by atoms with E-state index in [4.69, 9.17) is 9.47 Å². The minimum Gasteiger partial charge on any atom is -0.497 e. The van der Waals surface area contributed by atoms with Crippen LogP contribution in [-0.2, 0) is 14.3 Å². The fourth-order valence-corrected chi connectivity index (χ4v) is 1.98. The third-order valence-electron chi connectivity index (χ3n) is 3.23. The molecule has 25 heavy (non-hydrogen) atoms. The standard InChI is InChI=1S/C18H17NO6/c1-23-15-8-6-14(7-9-15)19-16(20)11-25-18(22)13-5-3-4-12(10-13)17(21)24-2/h3-10H,11H2,1-2H3,(H,19,20). The van der Waals surface area contributed by atoms with Crippen molar-refractivity contribution in [1.29, 1.82) is 0 Å². The van der Waals surface area contributed by atoms with Crippen molar-refractivity contribution in [1.82, 2.24) is 0 Å². The Hall–Kier alpha value is -3.35. The van der Waals surface area contributed by atoms with Gasteiger partial charge in [0, 0.05) is 5.69 Å². The van der Waals surface area contributed by atoms with Crippen LogP contribution in [0.5, 0.6) is 5.75 Å². The molecule has 0 unspecified atom stereocenters. The fourth-order valence-electron chi connectivity index (χ4n) is 1.98. The largest absolute Gasteiger partial charge is 0.497 e. The zero-order valence-electron chi connectivity index (χ0n) is 13.8. The summed E-state index contributed by atoms with van der Waals surface area (Å²) in [7, 11) is 2.79. The highest BCUT2D eigenvalue weighted by atomic mass is 16.5. The van der Waals surface area contributed by atoms with Crippen LogP contribution in [0, 0.1) is 0 Å². The molecule has 7 nitrogen and oxygen atoms in total. The van der Waals surface area contributed by atoms with Crippen molar-refractivity contribution >= 4 is 23.5 Å². The number of rotatable bonds is 6. The second-order valence-corrected chi connectivity index (χ2v) is 4.93. The molecule has 0 atom stereocenters. The summed E-state index contributed by atoms with van der Waals surface area (Å²) in [6.45, 7) is -0.451. The maximum Gasteiger partial charge on any atom is 0.338 e. The molecule has 0 fully saturated rings. The van der Waals surface area contributed by atoms with Crippen molar-refractivity contribution in [3.8, 4) is 5.75 Å². The molecule has 130 valence electrons. The van der Waals surface area contributed by atoms with E-state index in [0.717, 1.165) is 0 Å². The first-order valence-corrected chi connectivity index (χ1v) is 7.33. The highest BCUT2D eigenvalue weighted by molar-refractivity contribution is 5.97. The molecule has 0 saturated heterocycles. The quantitative estimate of drug-likeness (QED) is 0.809. The summed E-state index contributed by atoms with van der Waals surface area (Å²) in [4.78, 5) is 35.3. The van der Waals surface area contributed by atoms with Crippen LogP contribution >= 0.6 is 0 Å². The number of hydrogen-bond acceptors (Lipinski definition) is 6. The normalized spacial score (nSPS) is 9.84. The molecular weight excluding hydrogens is 326 g/mol. The van der Waals surface area contributed by atoms with E-state index < -0.39 is 24.5 Å². The number of nitrogens with one attached hydrogen (secondary N) is 1. The number of carbonyl (C=O) groups excluding carboxylic acids is 3. The van der Waals surface area contributed by atoms with Crippen molar-refractivity contribution < 1.29 is 28.6 Å². The summed E-state index contributed by atoms with van der Waals surface area (Å²) in [6.07, 6.45) is 0. The predicted octanol–water partition coefficient (Wildman–Crippen LogP) is 2.28. The van der Waals surface area contributed by atoms with Gasteiger partial charge in [0.05, 0.1) is 25.3 Å². The topological polar surface area (TPSA) is 90.9 Å². The molecule has 0 spiro atoms. The lowest BCUT2D eigenvalue weighted by Crippen LogP contribution is -2.21. The number of esters is 2. The average molecular weight is 343 g/mol. The summed E-state index contributed by atoms with van der Waals surface area (Å²) in [6, 6.07) is 12.6. The molecule has 0 bridgehead atoms. The van der Waals surface area contributed by atoms with Gasteiger partial charge in [0.15, 0.2) is 6.61 Å². The van der Waals surface area contributed by atoms with Gasteiger partial charge in [-0.25, -0.2) is 9.59 Å². The van der Waals surface area contributed by atoms with Gasteiger partial charge >= 0.3 is 11.9 Å². The van der Waals surface area contributed by atoms with E-state index in [1.54, 1.807) is 31.4 Å². The molecule has 1 N–H and O–H groups in total. The fraction of sp³-hybridized carbons (Fsp3) is 0.167. The number of methoxy groups -OCH3 is 2. The van der Waals surface area contributed by atoms with E-state index in [-0.39, 0.29) is 11.1 Å². The molecule has 1 amide bonds. The summed E-state index contributed by atoms with van der Waals surface area (Å²) < 4.78 is 14.6. The summed E-state index contributed by atoms with van der Waals surface area (Å²) >= 11 is 0. The SMILES string of the molecule is COC(=O)c1cccc(C(=O)OCC(=O)Nc2ccc(OC)cc2)c1. The van der Waals surface area contributed by atoms with E-state index in [1.807, 2.05) is 0 Å². The summed E-state index contributed by atoms with van der Waals surface area (Å²) in [5, 5.41) is 2.59. The molecular formula is C18H17NO6. The lowest BCUT2D eigenvalue weighted by atomic mass is 10.1. The zero-order valence-corrected chi connectivity index (χ0v) is 13.8. The smallest absolute Gasteiger partial charge is 0.338 e. The van der Waals surface area contributed by atoms with Crippen LogP contribution in [0.25, 0.3) is 0 Å². The molecule has 0 saturated carbocycles. The maximum atomic E-state index is 12.0. The van der Waals surface area contributed by atoms with Gasteiger partial charge in [-0.1, -0.05) is 6.07 Å². The molecule has 2 aromatic carbocycles. The van der Waals surface area contributed by atoms with Crippen LogP contribution < -0.4 is 10.1 Å². The Balaban J connectivity index is 1.90. The molecule has 0 radical (unpaired) electrons. The predicted molar refractivity (Wildman–Crippen MR) is 89.7 cm³/mol. The van der Waals surface area contributed by atoms with Crippen LogP contribution in [-0.4, -0.2) is 38.7 Å². The van der Waals surface area contributed by atoms with Crippen molar-refractivity contribution in [3.05, 3.63) is 59.7 Å². The van der Waals surface area contributed by atoms with Gasteiger partial charge in [-0.3, -0.25) is 4.79 Å². The van der Waals surface area contributed by atoms with Crippen LogP contribution in [0.15, 0.2) is 48.5 Å². The van der Waals surface area contributed by atoms with Gasteiger partial charge in [-0.15, -0.1) is 0 Å². The molecule has 0 aliphatic carbocycles. The highest BCUT2D eigenvalue weighted by Gasteiger charge is 2.13. The Morgan fingerprint density at radius 1 is 0.920 bits per heavy atom. The van der Waals surface area contributed by atoms with E-state index in [2.05, 4.69) is 10.1 Å². The van der Waals surface area contributed by atoms with Gasteiger partial charge in [-0.05, 0) is 42.5 Å². The van der Waals surface area contributed by atoms with Gasteiger partial charge in [0.25, 0.3) is 5.91 Å². The van der Waals surface area contributed by atoms with Crippen molar-refractivity contribution in [2.45, 2.75) is 0 Å². The lowest BCUT2D eigenvalue weighted by molar-refractivity contribution is -0.119. The van der Waals surface area contributed by atoms with E-state index in [1.165, 1.54) is 31.4 Å². The third kappa shape index (κ3) is 5.07. The minimum atomic E-state index is -0.712. The first-order chi connectivity index (χ1) is 12.0. The number of carbonyl (C=O) groups is 3. The van der Waals surface area contributed by atoms with E-state index >= 15 is 0 Å². The number of benzene rings is 2. The maximum absolute atomic E-state index is 12.0. The van der Waals surface area contributed by atoms with E-state index in [9.17, 15) is 14.4 Å². The zero-order chi connectivity index (χ0) is 18.2. The van der Waals surface area contributed by atoms with Crippen molar-refractivity contribution in [3.63, 3.8) is 0 Å². The number of ether oxygens (including phenoxy) is 3. The first-order valence-electron chi connectivity index (χ1n) is 7.33. The number of anilines is 1.